The van der Waals surface area contributed by atoms with Gasteiger partial charge in [-0.3, -0.25) is 9.59 Å². The number of anilines is 1. The lowest BCUT2D eigenvalue weighted by molar-refractivity contribution is -0.174. The second kappa shape index (κ2) is 11.9. The van der Waals surface area contributed by atoms with Crippen LogP contribution in [0.1, 0.15) is 35.2 Å². The third-order valence-electron chi connectivity index (χ3n) is 8.44. The molecular weight excluding hydrogens is 607 g/mol. The Labute approximate surface area is 251 Å². The minimum absolute atomic E-state index is 0.0581. The molecule has 0 spiro atoms. The van der Waals surface area contributed by atoms with Gasteiger partial charge < -0.3 is 21.5 Å². The lowest BCUT2D eigenvalue weighted by atomic mass is 9.53. The first-order chi connectivity index (χ1) is 20.3. The van der Waals surface area contributed by atoms with Crippen molar-refractivity contribution in [2.45, 2.75) is 47.5 Å². The number of aliphatic hydroxyl groups is 1. The van der Waals surface area contributed by atoms with Crippen LogP contribution < -0.4 is 16.4 Å². The fourth-order valence-electron chi connectivity index (χ4n) is 5.99. The molecule has 3 fully saturated rings. The summed E-state index contributed by atoms with van der Waals surface area (Å²) >= 11 is 6.24. The van der Waals surface area contributed by atoms with Crippen molar-refractivity contribution < 1.29 is 36.3 Å². The van der Waals surface area contributed by atoms with Crippen LogP contribution in [0.3, 0.4) is 0 Å². The molecule has 13 heteroatoms. The number of benzene rings is 3. The van der Waals surface area contributed by atoms with Crippen molar-refractivity contribution in [1.82, 2.24) is 5.32 Å². The highest BCUT2D eigenvalue weighted by atomic mass is 35.5. The van der Waals surface area contributed by atoms with E-state index in [0.717, 1.165) is 11.6 Å². The third kappa shape index (κ3) is 6.14. The summed E-state index contributed by atoms with van der Waals surface area (Å²) in [5.74, 6) is -6.79. The average molecular weight is 636 g/mol. The number of rotatable bonds is 9. The molecule has 3 aliphatic rings. The summed E-state index contributed by atoms with van der Waals surface area (Å²) in [6.07, 6.45) is 1.15. The number of nitrogens with one attached hydrogen (secondary N) is 2. The lowest BCUT2D eigenvalue weighted by Gasteiger charge is -2.58. The molecule has 2 amide bonds. The monoisotopic (exact) mass is 635 g/mol. The van der Waals surface area contributed by atoms with Crippen LogP contribution in [0.4, 0.5) is 18.9 Å². The molecule has 0 heterocycles. The topological polar surface area (TPSA) is 139 Å². The van der Waals surface area contributed by atoms with Crippen LogP contribution in [0.2, 0.25) is 5.02 Å². The maximum atomic E-state index is 13.6. The largest absolute Gasteiger partial charge is 0.387 e. The van der Waals surface area contributed by atoms with Crippen molar-refractivity contribution >= 4 is 38.9 Å². The van der Waals surface area contributed by atoms with E-state index in [-0.39, 0.29) is 40.6 Å². The van der Waals surface area contributed by atoms with Gasteiger partial charge in [-0.05, 0) is 61.3 Å². The minimum Gasteiger partial charge on any atom is -0.387 e. The number of nitrogens with two attached hydrogens (primary N) is 1. The zero-order valence-electron chi connectivity index (χ0n) is 22.7. The summed E-state index contributed by atoms with van der Waals surface area (Å²) in [5, 5.41) is 15.2. The highest BCUT2D eigenvalue weighted by Crippen LogP contribution is 2.55. The van der Waals surface area contributed by atoms with Crippen molar-refractivity contribution in [2.24, 2.45) is 17.6 Å². The van der Waals surface area contributed by atoms with Crippen LogP contribution in [-0.4, -0.2) is 48.8 Å². The normalized spacial score (nSPS) is 23.6. The van der Waals surface area contributed by atoms with E-state index in [2.05, 4.69) is 10.6 Å². The molecule has 43 heavy (non-hydrogen) atoms. The number of carbonyl (C=O) groups is 2. The van der Waals surface area contributed by atoms with Gasteiger partial charge in [0.25, 0.3) is 5.91 Å². The van der Waals surface area contributed by atoms with E-state index in [1.54, 1.807) is 0 Å². The van der Waals surface area contributed by atoms with E-state index < -0.39 is 67.8 Å². The molecule has 8 nitrogen and oxygen atoms in total. The van der Waals surface area contributed by atoms with Gasteiger partial charge in [0.15, 0.2) is 27.3 Å². The number of halogens is 4. The number of carbonyl (C=O) groups excluding carboxylic acids is 2. The Morgan fingerprint density at radius 2 is 1.63 bits per heavy atom. The molecule has 3 aromatic rings. The molecule has 0 aromatic heterocycles. The number of hydrogen-bond acceptors (Lipinski definition) is 6. The molecule has 3 atom stereocenters. The molecule has 5 N–H and O–H groups in total. The highest BCUT2D eigenvalue weighted by molar-refractivity contribution is 7.92. The first kappa shape index (κ1) is 31.0. The Morgan fingerprint density at radius 1 is 1.00 bits per heavy atom. The van der Waals surface area contributed by atoms with E-state index in [0.29, 0.717) is 25.0 Å². The van der Waals surface area contributed by atoms with Gasteiger partial charge in [0.1, 0.15) is 0 Å². The van der Waals surface area contributed by atoms with Crippen molar-refractivity contribution in [3.8, 4) is 0 Å². The van der Waals surface area contributed by atoms with Crippen LogP contribution >= 0.6 is 11.6 Å². The van der Waals surface area contributed by atoms with Gasteiger partial charge in [0.05, 0.1) is 26.8 Å². The van der Waals surface area contributed by atoms with Gasteiger partial charge in [0, 0.05) is 29.9 Å². The van der Waals surface area contributed by atoms with Crippen molar-refractivity contribution in [3.63, 3.8) is 0 Å². The second-order valence-corrected chi connectivity index (χ2v) is 13.7. The van der Waals surface area contributed by atoms with Crippen molar-refractivity contribution in [2.75, 3.05) is 11.9 Å². The second-order valence-electron chi connectivity index (χ2n) is 11.1. The van der Waals surface area contributed by atoms with Gasteiger partial charge in [0.2, 0.25) is 5.91 Å². The average Bonchev–Trinajstić information content (AvgIpc) is 2.98. The Balaban J connectivity index is 1.24. The lowest BCUT2D eigenvalue weighted by Crippen LogP contribution is -2.66. The standard InChI is InChI=1S/C30H29ClF3N3O5S/c31-22-7-6-17(28(38)37-20-13-23(32)27(34)24(33)14-20)9-26(22)43(41,42)21-11-18-10-19(12-21)30(18,40)15-36-29(39)25(35)8-16-4-2-1-3-5-16/h1-7,9,13-14,18-19,21,25,40H,8,10-12,15,35H2,(H,36,39)(H,37,38). The third-order valence-corrected chi connectivity index (χ3v) is 11.1. The molecule has 3 aromatic carbocycles. The molecule has 0 saturated heterocycles. The Bertz CT molecular complexity index is 1640. The van der Waals surface area contributed by atoms with E-state index in [1.807, 2.05) is 30.3 Å². The van der Waals surface area contributed by atoms with Crippen molar-refractivity contribution in [3.05, 3.63) is 94.3 Å². The van der Waals surface area contributed by atoms with E-state index >= 15 is 0 Å². The van der Waals surface area contributed by atoms with Crippen molar-refractivity contribution in [1.29, 1.82) is 0 Å². The zero-order chi connectivity index (χ0) is 31.1. The quantitative estimate of drug-likeness (QED) is 0.262. The molecule has 6 rings (SSSR count). The zero-order valence-corrected chi connectivity index (χ0v) is 24.3. The predicted octanol–water partition coefficient (Wildman–Crippen LogP) is 4.00. The first-order valence-corrected chi connectivity index (χ1v) is 15.5. The highest BCUT2D eigenvalue weighted by Gasteiger charge is 2.60. The van der Waals surface area contributed by atoms with Crippen LogP contribution in [0.5, 0.6) is 0 Å². The van der Waals surface area contributed by atoms with Crippen LogP contribution in [0, 0.1) is 29.3 Å². The first-order valence-electron chi connectivity index (χ1n) is 13.6. The molecule has 3 saturated carbocycles. The summed E-state index contributed by atoms with van der Waals surface area (Å²) in [6.45, 7) is -0.0581. The molecule has 2 bridgehead atoms. The molecule has 3 aliphatic carbocycles. The van der Waals surface area contributed by atoms with Gasteiger partial charge >= 0.3 is 0 Å². The van der Waals surface area contributed by atoms with Crippen LogP contribution in [0.25, 0.3) is 0 Å². The smallest absolute Gasteiger partial charge is 0.255 e. The summed E-state index contributed by atoms with van der Waals surface area (Å²) in [7, 11) is -4.07. The summed E-state index contributed by atoms with van der Waals surface area (Å²) in [6, 6.07) is 13.2. The van der Waals surface area contributed by atoms with Gasteiger partial charge in [-0.25, -0.2) is 21.6 Å². The van der Waals surface area contributed by atoms with Crippen LogP contribution in [-0.2, 0) is 21.1 Å². The number of fused-ring (bicyclic) bond motifs is 2. The molecule has 0 radical (unpaired) electrons. The van der Waals surface area contributed by atoms with Gasteiger partial charge in [-0.15, -0.1) is 0 Å². The summed E-state index contributed by atoms with van der Waals surface area (Å²) in [5.41, 5.74) is 5.15. The van der Waals surface area contributed by atoms with Crippen LogP contribution in [0.15, 0.2) is 65.6 Å². The SMILES string of the molecule is NC(Cc1ccccc1)C(=O)NCC1(O)C2CC1CC(S(=O)(=O)c1cc(C(=O)Nc3cc(F)c(F)c(F)c3)ccc1Cl)C2. The number of sulfone groups is 1. The number of amides is 2. The summed E-state index contributed by atoms with van der Waals surface area (Å²) < 4.78 is 67.7. The number of hydrogen-bond donors (Lipinski definition) is 4. The van der Waals surface area contributed by atoms with Gasteiger partial charge in [-0.2, -0.15) is 0 Å². The van der Waals surface area contributed by atoms with E-state index in [9.17, 15) is 36.3 Å². The molecule has 3 unspecified atom stereocenters. The summed E-state index contributed by atoms with van der Waals surface area (Å²) in [4.78, 5) is 25.1. The Hall–Kier alpha value is -3.45. The fourth-order valence-corrected chi connectivity index (χ4v) is 8.39. The maximum absolute atomic E-state index is 13.6. The molecular formula is C30H29ClF3N3O5S. The minimum atomic E-state index is -4.07. The fraction of sp³-hybridized carbons (Fsp3) is 0.333. The predicted molar refractivity (Wildman–Crippen MR) is 154 cm³/mol. The molecule has 0 aliphatic heterocycles. The van der Waals surface area contributed by atoms with E-state index in [4.69, 9.17) is 17.3 Å². The van der Waals surface area contributed by atoms with Gasteiger partial charge in [-0.1, -0.05) is 41.9 Å². The maximum Gasteiger partial charge on any atom is 0.255 e. The molecule has 228 valence electrons. The van der Waals surface area contributed by atoms with E-state index in [1.165, 1.54) is 12.1 Å². The Morgan fingerprint density at radius 3 is 2.26 bits per heavy atom. The Kier molecular flexibility index (Phi) is 8.59.